The molecular formula is C13H15FN2O. The zero-order valence-electron chi connectivity index (χ0n) is 9.49. The van der Waals surface area contributed by atoms with Crippen LogP contribution in [0.4, 0.5) is 10.1 Å². The average molecular weight is 234 g/mol. The zero-order valence-corrected chi connectivity index (χ0v) is 9.49. The molecule has 0 radical (unpaired) electrons. The molecule has 17 heavy (non-hydrogen) atoms. The highest BCUT2D eigenvalue weighted by Gasteiger charge is 2.23. The van der Waals surface area contributed by atoms with E-state index in [1.807, 2.05) is 6.07 Å². The van der Waals surface area contributed by atoms with E-state index in [1.54, 1.807) is 12.1 Å². The molecule has 1 aromatic rings. The van der Waals surface area contributed by atoms with Gasteiger partial charge in [-0.2, -0.15) is 5.26 Å². The number of benzene rings is 1. The molecule has 0 spiro atoms. The van der Waals surface area contributed by atoms with E-state index in [1.165, 1.54) is 6.07 Å². The standard InChI is InChI=1S/C13H15FN2O/c14-10-7-9(8-15)5-6-11(10)16-12-3-1-2-4-13(12)17/h5-7,12-13,16-17H,1-4H2. The van der Waals surface area contributed by atoms with Crippen LogP contribution >= 0.6 is 0 Å². The molecule has 0 bridgehead atoms. The number of nitriles is 1. The SMILES string of the molecule is N#Cc1ccc(NC2CCCCC2O)c(F)c1. The Morgan fingerprint density at radius 1 is 1.35 bits per heavy atom. The Bertz CT molecular complexity index is 442. The van der Waals surface area contributed by atoms with Crippen LogP contribution in [-0.4, -0.2) is 17.3 Å². The molecule has 0 heterocycles. The number of hydrogen-bond acceptors (Lipinski definition) is 3. The Morgan fingerprint density at radius 2 is 2.12 bits per heavy atom. The quantitative estimate of drug-likeness (QED) is 0.826. The number of anilines is 1. The fourth-order valence-corrected chi connectivity index (χ4v) is 2.18. The van der Waals surface area contributed by atoms with Gasteiger partial charge in [-0.25, -0.2) is 4.39 Å². The van der Waals surface area contributed by atoms with E-state index in [-0.39, 0.29) is 6.04 Å². The van der Waals surface area contributed by atoms with Gasteiger partial charge in [0.2, 0.25) is 0 Å². The number of aliphatic hydroxyl groups is 1. The van der Waals surface area contributed by atoms with E-state index in [4.69, 9.17) is 5.26 Å². The van der Waals surface area contributed by atoms with Gasteiger partial charge in [0.25, 0.3) is 0 Å². The summed E-state index contributed by atoms with van der Waals surface area (Å²) in [6.07, 6.45) is 3.26. The maximum Gasteiger partial charge on any atom is 0.147 e. The second-order valence-corrected chi connectivity index (χ2v) is 4.41. The molecule has 1 aromatic carbocycles. The Kier molecular flexibility index (Phi) is 3.60. The number of rotatable bonds is 2. The highest BCUT2D eigenvalue weighted by atomic mass is 19.1. The molecule has 1 fully saturated rings. The minimum absolute atomic E-state index is 0.0915. The predicted octanol–water partition coefficient (Wildman–Crippen LogP) is 2.41. The molecule has 2 rings (SSSR count). The summed E-state index contributed by atoms with van der Waals surface area (Å²) in [6, 6.07) is 6.13. The van der Waals surface area contributed by atoms with Gasteiger partial charge in [0.1, 0.15) is 5.82 Å². The van der Waals surface area contributed by atoms with Crippen LogP contribution in [0, 0.1) is 17.1 Å². The van der Waals surface area contributed by atoms with Crippen LogP contribution < -0.4 is 5.32 Å². The van der Waals surface area contributed by atoms with Gasteiger partial charge >= 0.3 is 0 Å². The van der Waals surface area contributed by atoms with Crippen LogP contribution in [0.1, 0.15) is 31.2 Å². The predicted molar refractivity (Wildman–Crippen MR) is 63.0 cm³/mol. The second kappa shape index (κ2) is 5.15. The first-order valence-corrected chi connectivity index (χ1v) is 5.85. The third kappa shape index (κ3) is 2.75. The lowest BCUT2D eigenvalue weighted by molar-refractivity contribution is 0.116. The van der Waals surface area contributed by atoms with Gasteiger partial charge in [0.15, 0.2) is 0 Å². The van der Waals surface area contributed by atoms with Crippen LogP contribution in [0.25, 0.3) is 0 Å². The highest BCUT2D eigenvalue weighted by Crippen LogP contribution is 2.24. The normalized spacial score (nSPS) is 24.1. The maximum absolute atomic E-state index is 13.6. The van der Waals surface area contributed by atoms with E-state index in [0.29, 0.717) is 11.3 Å². The summed E-state index contributed by atoms with van der Waals surface area (Å²) in [6.45, 7) is 0. The molecule has 0 aliphatic heterocycles. The topological polar surface area (TPSA) is 56.0 Å². The van der Waals surface area contributed by atoms with Crippen LogP contribution in [0.3, 0.4) is 0 Å². The van der Waals surface area contributed by atoms with Gasteiger partial charge in [-0.1, -0.05) is 12.8 Å². The first-order chi connectivity index (χ1) is 8.20. The van der Waals surface area contributed by atoms with Gasteiger partial charge in [0, 0.05) is 0 Å². The van der Waals surface area contributed by atoms with Crippen LogP contribution in [-0.2, 0) is 0 Å². The zero-order chi connectivity index (χ0) is 12.3. The Balaban J connectivity index is 2.10. The molecule has 0 aromatic heterocycles. The first-order valence-electron chi connectivity index (χ1n) is 5.85. The fourth-order valence-electron chi connectivity index (χ4n) is 2.18. The van der Waals surface area contributed by atoms with Gasteiger partial charge < -0.3 is 10.4 Å². The van der Waals surface area contributed by atoms with E-state index in [2.05, 4.69) is 5.32 Å². The lowest BCUT2D eigenvalue weighted by Crippen LogP contribution is -2.36. The average Bonchev–Trinajstić information content (AvgIpc) is 2.34. The Labute approximate surface area is 99.9 Å². The summed E-state index contributed by atoms with van der Waals surface area (Å²) in [5, 5.41) is 21.4. The van der Waals surface area contributed by atoms with Crippen LogP contribution in [0.15, 0.2) is 18.2 Å². The van der Waals surface area contributed by atoms with Crippen molar-refractivity contribution >= 4 is 5.69 Å². The van der Waals surface area contributed by atoms with Gasteiger partial charge in [0.05, 0.1) is 29.5 Å². The second-order valence-electron chi connectivity index (χ2n) is 4.41. The molecule has 1 aliphatic carbocycles. The number of hydrogen-bond donors (Lipinski definition) is 2. The van der Waals surface area contributed by atoms with Crippen LogP contribution in [0.2, 0.25) is 0 Å². The van der Waals surface area contributed by atoms with Crippen molar-refractivity contribution in [3.8, 4) is 6.07 Å². The van der Waals surface area contributed by atoms with Crippen molar-refractivity contribution in [1.29, 1.82) is 5.26 Å². The first kappa shape index (κ1) is 11.9. The number of halogens is 1. The summed E-state index contributed by atoms with van der Waals surface area (Å²) in [4.78, 5) is 0. The fraction of sp³-hybridized carbons (Fsp3) is 0.462. The van der Waals surface area contributed by atoms with Gasteiger partial charge in [-0.3, -0.25) is 0 Å². The van der Waals surface area contributed by atoms with Crippen molar-refractivity contribution in [3.05, 3.63) is 29.6 Å². The molecule has 2 atom stereocenters. The number of aliphatic hydroxyl groups excluding tert-OH is 1. The smallest absolute Gasteiger partial charge is 0.147 e. The Morgan fingerprint density at radius 3 is 2.76 bits per heavy atom. The molecule has 2 unspecified atom stereocenters. The summed E-state index contributed by atoms with van der Waals surface area (Å²) in [5.74, 6) is -0.443. The van der Waals surface area contributed by atoms with Crippen LogP contribution in [0.5, 0.6) is 0 Å². The Hall–Kier alpha value is -1.60. The minimum Gasteiger partial charge on any atom is -0.391 e. The van der Waals surface area contributed by atoms with Gasteiger partial charge in [-0.15, -0.1) is 0 Å². The number of nitrogens with one attached hydrogen (secondary N) is 1. The third-order valence-electron chi connectivity index (χ3n) is 3.17. The molecule has 0 saturated heterocycles. The summed E-state index contributed by atoms with van der Waals surface area (Å²) >= 11 is 0. The van der Waals surface area contributed by atoms with Crippen molar-refractivity contribution in [1.82, 2.24) is 0 Å². The third-order valence-corrected chi connectivity index (χ3v) is 3.17. The van der Waals surface area contributed by atoms with Gasteiger partial charge in [-0.05, 0) is 31.0 Å². The summed E-state index contributed by atoms with van der Waals surface area (Å²) in [7, 11) is 0. The lowest BCUT2D eigenvalue weighted by Gasteiger charge is -2.29. The van der Waals surface area contributed by atoms with E-state index in [0.717, 1.165) is 25.7 Å². The molecule has 1 aliphatic rings. The highest BCUT2D eigenvalue weighted by molar-refractivity contribution is 5.49. The molecule has 1 saturated carbocycles. The minimum atomic E-state index is -0.443. The maximum atomic E-state index is 13.6. The summed E-state index contributed by atoms with van der Waals surface area (Å²) in [5.41, 5.74) is 0.659. The van der Waals surface area contributed by atoms with Crippen molar-refractivity contribution in [2.75, 3.05) is 5.32 Å². The molecule has 4 heteroatoms. The van der Waals surface area contributed by atoms with Crippen molar-refractivity contribution in [2.45, 2.75) is 37.8 Å². The molecule has 0 amide bonds. The largest absolute Gasteiger partial charge is 0.391 e. The molecule has 2 N–H and O–H groups in total. The van der Waals surface area contributed by atoms with Crippen molar-refractivity contribution in [3.63, 3.8) is 0 Å². The summed E-state index contributed by atoms with van der Waals surface area (Å²) < 4.78 is 13.6. The van der Waals surface area contributed by atoms with E-state index >= 15 is 0 Å². The van der Waals surface area contributed by atoms with E-state index < -0.39 is 11.9 Å². The molecular weight excluding hydrogens is 219 g/mol. The number of nitrogens with zero attached hydrogens (tertiary/aromatic N) is 1. The van der Waals surface area contributed by atoms with E-state index in [9.17, 15) is 9.50 Å². The monoisotopic (exact) mass is 234 g/mol. The van der Waals surface area contributed by atoms with Crippen molar-refractivity contribution < 1.29 is 9.50 Å². The molecule has 3 nitrogen and oxygen atoms in total. The van der Waals surface area contributed by atoms with Crippen molar-refractivity contribution in [2.24, 2.45) is 0 Å². The molecule has 90 valence electrons. The lowest BCUT2D eigenvalue weighted by atomic mass is 9.92.